The number of carbonyl (C=O) groups is 3. The lowest BCUT2D eigenvalue weighted by Gasteiger charge is -2.32. The summed E-state index contributed by atoms with van der Waals surface area (Å²) in [5.74, 6) is -0.489. The Morgan fingerprint density at radius 3 is 2.22 bits per heavy atom. The van der Waals surface area contributed by atoms with Crippen LogP contribution < -0.4 is 10.1 Å². The van der Waals surface area contributed by atoms with Gasteiger partial charge in [-0.2, -0.15) is 5.26 Å². The van der Waals surface area contributed by atoms with Crippen molar-refractivity contribution in [3.63, 3.8) is 0 Å². The molecule has 0 aromatic heterocycles. The Bertz CT molecular complexity index is 1340. The van der Waals surface area contributed by atoms with Crippen LogP contribution in [0.15, 0.2) is 78.9 Å². The highest BCUT2D eigenvalue weighted by atomic mass is 16.5. The number of nitrogens with one attached hydrogen (secondary N) is 1. The van der Waals surface area contributed by atoms with Gasteiger partial charge < -0.3 is 20.1 Å². The predicted octanol–water partition coefficient (Wildman–Crippen LogP) is 4.51. The minimum atomic E-state index is -1.08. The monoisotopic (exact) mass is 553 g/mol. The molecule has 0 saturated carbocycles. The molecule has 2 amide bonds. The Kier molecular flexibility index (Phi) is 10.5. The number of rotatable bonds is 12. The summed E-state index contributed by atoms with van der Waals surface area (Å²) < 4.78 is 5.79. The fourth-order valence-electron chi connectivity index (χ4n) is 4.96. The number of hydrogen-bond donors (Lipinski definition) is 2. The number of nitrogens with zero attached hydrogens (tertiary/aromatic N) is 2. The number of carbonyl (C=O) groups excluding carboxylic acids is 2. The molecule has 0 aliphatic carbocycles. The van der Waals surface area contributed by atoms with Crippen LogP contribution in [0.1, 0.15) is 47.9 Å². The van der Waals surface area contributed by atoms with E-state index in [2.05, 4.69) is 11.4 Å². The number of piperidine rings is 1. The maximum atomic E-state index is 12.7. The average Bonchev–Trinajstić information content (AvgIpc) is 3.00. The van der Waals surface area contributed by atoms with Crippen LogP contribution in [0, 0.1) is 17.2 Å². The quantitative estimate of drug-likeness (QED) is 0.341. The van der Waals surface area contributed by atoms with E-state index < -0.39 is 12.0 Å². The second kappa shape index (κ2) is 14.7. The standard InChI is InChI=1S/C33H35N3O5/c34-22-27-8-6-24(7-9-27)12-15-32(38)36-18-16-26(17-19-36)21-31(37)35-30(33(39)40)20-25-10-13-29(14-11-25)41-23-28-4-2-1-3-5-28/h1-11,13-14,26,30H,12,15-21,23H2,(H,35,37)(H,39,40)/t30-/m0/s1. The van der Waals surface area contributed by atoms with Crippen molar-refractivity contribution in [3.8, 4) is 11.8 Å². The largest absolute Gasteiger partial charge is 0.489 e. The molecule has 1 aliphatic rings. The lowest BCUT2D eigenvalue weighted by molar-refractivity contribution is -0.142. The molecule has 2 N–H and O–H groups in total. The lowest BCUT2D eigenvalue weighted by atomic mass is 9.92. The van der Waals surface area contributed by atoms with Gasteiger partial charge in [-0.3, -0.25) is 9.59 Å². The molecule has 1 aliphatic heterocycles. The van der Waals surface area contributed by atoms with Gasteiger partial charge in [-0.25, -0.2) is 4.79 Å². The van der Waals surface area contributed by atoms with Crippen molar-refractivity contribution in [1.29, 1.82) is 5.26 Å². The zero-order chi connectivity index (χ0) is 29.0. The zero-order valence-electron chi connectivity index (χ0n) is 23.0. The van der Waals surface area contributed by atoms with Gasteiger partial charge in [0.25, 0.3) is 0 Å². The molecule has 8 nitrogen and oxygen atoms in total. The Hall–Kier alpha value is -4.64. The van der Waals surface area contributed by atoms with Crippen molar-refractivity contribution >= 4 is 17.8 Å². The summed E-state index contributed by atoms with van der Waals surface area (Å²) in [6.45, 7) is 1.62. The molecule has 4 rings (SSSR count). The third-order valence-electron chi connectivity index (χ3n) is 7.40. The Morgan fingerprint density at radius 1 is 0.927 bits per heavy atom. The van der Waals surface area contributed by atoms with E-state index in [1.54, 1.807) is 24.3 Å². The van der Waals surface area contributed by atoms with Gasteiger partial charge in [-0.15, -0.1) is 0 Å². The first-order valence-corrected chi connectivity index (χ1v) is 13.9. The molecule has 0 radical (unpaired) electrons. The molecule has 0 bridgehead atoms. The van der Waals surface area contributed by atoms with Crippen molar-refractivity contribution < 1.29 is 24.2 Å². The molecule has 3 aromatic carbocycles. The number of carboxylic acid groups (broad SMARTS) is 1. The van der Waals surface area contributed by atoms with Gasteiger partial charge in [-0.1, -0.05) is 54.6 Å². The van der Waals surface area contributed by atoms with Crippen molar-refractivity contribution in [1.82, 2.24) is 10.2 Å². The number of carboxylic acids is 1. The molecule has 41 heavy (non-hydrogen) atoms. The summed E-state index contributed by atoms with van der Waals surface area (Å²) >= 11 is 0. The molecule has 1 atom stereocenters. The van der Waals surface area contributed by atoms with E-state index in [1.807, 2.05) is 59.5 Å². The van der Waals surface area contributed by atoms with Crippen LogP contribution in [0.5, 0.6) is 5.75 Å². The van der Waals surface area contributed by atoms with E-state index >= 15 is 0 Å². The first kappa shape index (κ1) is 29.3. The number of hydrogen-bond acceptors (Lipinski definition) is 5. The van der Waals surface area contributed by atoms with Crippen LogP contribution in [-0.4, -0.2) is 46.9 Å². The van der Waals surface area contributed by atoms with E-state index in [1.165, 1.54) is 0 Å². The summed E-state index contributed by atoms with van der Waals surface area (Å²) in [5, 5.41) is 21.3. The second-order valence-corrected chi connectivity index (χ2v) is 10.4. The van der Waals surface area contributed by atoms with Crippen LogP contribution in [0.3, 0.4) is 0 Å². The van der Waals surface area contributed by atoms with Crippen molar-refractivity contribution in [2.45, 2.75) is 51.2 Å². The fraction of sp³-hybridized carbons (Fsp3) is 0.333. The van der Waals surface area contributed by atoms with Crippen LogP contribution >= 0.6 is 0 Å². The smallest absolute Gasteiger partial charge is 0.326 e. The number of nitriles is 1. The van der Waals surface area contributed by atoms with Crippen LogP contribution in [0.4, 0.5) is 0 Å². The number of likely N-dealkylation sites (tertiary alicyclic amines) is 1. The number of amides is 2. The fourth-order valence-corrected chi connectivity index (χ4v) is 4.96. The molecule has 8 heteroatoms. The van der Waals surface area contributed by atoms with E-state index in [-0.39, 0.29) is 30.6 Å². The summed E-state index contributed by atoms with van der Waals surface area (Å²) in [5.41, 5.74) is 3.46. The number of benzene rings is 3. The zero-order valence-corrected chi connectivity index (χ0v) is 23.0. The summed E-state index contributed by atoms with van der Waals surface area (Å²) in [6.07, 6.45) is 2.84. The summed E-state index contributed by atoms with van der Waals surface area (Å²) in [6, 6.07) is 25.4. The predicted molar refractivity (Wildman–Crippen MR) is 154 cm³/mol. The highest BCUT2D eigenvalue weighted by molar-refractivity contribution is 5.84. The van der Waals surface area contributed by atoms with Crippen molar-refractivity contribution in [2.24, 2.45) is 5.92 Å². The first-order valence-electron chi connectivity index (χ1n) is 13.9. The number of aliphatic carboxylic acids is 1. The molecule has 1 fully saturated rings. The van der Waals surface area contributed by atoms with Gasteiger partial charge in [0, 0.05) is 32.4 Å². The van der Waals surface area contributed by atoms with E-state index in [9.17, 15) is 19.5 Å². The summed E-state index contributed by atoms with van der Waals surface area (Å²) in [7, 11) is 0. The molecule has 212 valence electrons. The third-order valence-corrected chi connectivity index (χ3v) is 7.40. The third kappa shape index (κ3) is 9.21. The Morgan fingerprint density at radius 2 is 1.59 bits per heavy atom. The highest BCUT2D eigenvalue weighted by Gasteiger charge is 2.26. The van der Waals surface area contributed by atoms with Gasteiger partial charge in [0.1, 0.15) is 18.4 Å². The first-order chi connectivity index (χ1) is 19.9. The number of aryl methyl sites for hydroxylation is 1. The topological polar surface area (TPSA) is 120 Å². The average molecular weight is 554 g/mol. The SMILES string of the molecule is N#Cc1ccc(CCC(=O)N2CCC(CC(=O)N[C@@H](Cc3ccc(OCc4ccccc4)cc3)C(=O)O)CC2)cc1. The minimum absolute atomic E-state index is 0.0830. The minimum Gasteiger partial charge on any atom is -0.489 e. The molecule has 1 saturated heterocycles. The van der Waals surface area contributed by atoms with Crippen molar-refractivity contribution in [3.05, 3.63) is 101 Å². The van der Waals surface area contributed by atoms with Crippen LogP contribution in [0.25, 0.3) is 0 Å². The van der Waals surface area contributed by atoms with Gasteiger partial charge in [0.05, 0.1) is 11.6 Å². The normalized spacial score (nSPS) is 14.1. The highest BCUT2D eigenvalue weighted by Crippen LogP contribution is 2.22. The van der Waals surface area contributed by atoms with Crippen molar-refractivity contribution in [2.75, 3.05) is 13.1 Å². The van der Waals surface area contributed by atoms with Crippen LogP contribution in [0.2, 0.25) is 0 Å². The van der Waals surface area contributed by atoms with E-state index in [0.717, 1.165) is 16.7 Å². The Balaban J connectivity index is 1.18. The molecule has 3 aromatic rings. The molecule has 1 heterocycles. The van der Waals surface area contributed by atoms with E-state index in [4.69, 9.17) is 10.00 Å². The lowest BCUT2D eigenvalue weighted by Crippen LogP contribution is -2.44. The molecular weight excluding hydrogens is 518 g/mol. The van der Waals surface area contributed by atoms with Gasteiger partial charge in [-0.05, 0) is 66.1 Å². The number of ether oxygens (including phenoxy) is 1. The second-order valence-electron chi connectivity index (χ2n) is 10.4. The molecule has 0 spiro atoms. The van der Waals surface area contributed by atoms with Gasteiger partial charge in [0.15, 0.2) is 0 Å². The van der Waals surface area contributed by atoms with E-state index in [0.29, 0.717) is 56.7 Å². The van der Waals surface area contributed by atoms with Gasteiger partial charge in [0.2, 0.25) is 11.8 Å². The molecule has 0 unspecified atom stereocenters. The van der Waals surface area contributed by atoms with Gasteiger partial charge >= 0.3 is 5.97 Å². The maximum Gasteiger partial charge on any atom is 0.326 e. The molecular formula is C33H35N3O5. The summed E-state index contributed by atoms with van der Waals surface area (Å²) in [4.78, 5) is 39.1. The van der Waals surface area contributed by atoms with Crippen LogP contribution in [-0.2, 0) is 33.8 Å². The maximum absolute atomic E-state index is 12.7. The Labute approximate surface area is 240 Å².